The highest BCUT2D eigenvalue weighted by Gasteiger charge is 2.37. The molecule has 0 heterocycles. The van der Waals surface area contributed by atoms with Crippen LogP contribution in [0.5, 0.6) is 0 Å². The second-order valence-corrected chi connectivity index (χ2v) is 6.01. The van der Waals surface area contributed by atoms with E-state index in [-0.39, 0.29) is 0 Å². The second-order valence-electron chi connectivity index (χ2n) is 5.69. The standard InChI is InChI=1S/C13H25NS/c1-2-8-14(9-12-4-5-12)10-13(11-15)6-3-7-13/h12,15H,2-11H2,1H3. The predicted molar refractivity (Wildman–Crippen MR) is 69.6 cm³/mol. The summed E-state index contributed by atoms with van der Waals surface area (Å²) in [5.41, 5.74) is 0.590. The Hall–Kier alpha value is 0.310. The molecule has 1 nitrogen and oxygen atoms in total. The second kappa shape index (κ2) is 5.09. The lowest BCUT2D eigenvalue weighted by molar-refractivity contribution is 0.0874. The van der Waals surface area contributed by atoms with Gasteiger partial charge in [-0.15, -0.1) is 0 Å². The zero-order valence-corrected chi connectivity index (χ0v) is 10.9. The highest BCUT2D eigenvalue weighted by atomic mass is 32.1. The minimum Gasteiger partial charge on any atom is -0.302 e. The largest absolute Gasteiger partial charge is 0.302 e. The summed E-state index contributed by atoms with van der Waals surface area (Å²) >= 11 is 4.55. The average Bonchev–Trinajstić information content (AvgIpc) is 2.95. The van der Waals surface area contributed by atoms with Crippen molar-refractivity contribution < 1.29 is 0 Å². The van der Waals surface area contributed by atoms with Gasteiger partial charge in [0.2, 0.25) is 0 Å². The van der Waals surface area contributed by atoms with Gasteiger partial charge < -0.3 is 4.90 Å². The third kappa shape index (κ3) is 3.13. The van der Waals surface area contributed by atoms with Crippen molar-refractivity contribution in [1.29, 1.82) is 0 Å². The molecule has 2 rings (SSSR count). The van der Waals surface area contributed by atoms with Gasteiger partial charge in [-0.25, -0.2) is 0 Å². The van der Waals surface area contributed by atoms with E-state index in [9.17, 15) is 0 Å². The van der Waals surface area contributed by atoms with Crippen molar-refractivity contribution in [2.24, 2.45) is 11.3 Å². The van der Waals surface area contributed by atoms with Crippen molar-refractivity contribution in [3.05, 3.63) is 0 Å². The highest BCUT2D eigenvalue weighted by Crippen LogP contribution is 2.43. The van der Waals surface area contributed by atoms with Crippen LogP contribution in [0.3, 0.4) is 0 Å². The molecule has 0 atom stereocenters. The Bertz CT molecular complexity index is 191. The highest BCUT2D eigenvalue weighted by molar-refractivity contribution is 7.80. The van der Waals surface area contributed by atoms with Gasteiger partial charge in [-0.2, -0.15) is 12.6 Å². The third-order valence-electron chi connectivity index (χ3n) is 4.06. The van der Waals surface area contributed by atoms with Crippen molar-refractivity contribution in [3.63, 3.8) is 0 Å². The normalized spacial score (nSPS) is 24.2. The predicted octanol–water partition coefficient (Wildman–Crippen LogP) is 3.21. The van der Waals surface area contributed by atoms with E-state index < -0.39 is 0 Å². The summed E-state index contributed by atoms with van der Waals surface area (Å²) in [6, 6.07) is 0. The molecular formula is C13H25NS. The number of hydrogen-bond donors (Lipinski definition) is 1. The molecule has 2 heteroatoms. The summed E-state index contributed by atoms with van der Waals surface area (Å²) in [5, 5.41) is 0. The monoisotopic (exact) mass is 227 g/mol. The van der Waals surface area contributed by atoms with E-state index in [2.05, 4.69) is 24.5 Å². The molecule has 0 spiro atoms. The molecule has 0 aromatic carbocycles. The fraction of sp³-hybridized carbons (Fsp3) is 1.00. The van der Waals surface area contributed by atoms with E-state index in [0.717, 1.165) is 11.7 Å². The number of rotatable bonds is 7. The van der Waals surface area contributed by atoms with Gasteiger partial charge in [0.25, 0.3) is 0 Å². The van der Waals surface area contributed by atoms with Crippen molar-refractivity contribution in [3.8, 4) is 0 Å². The molecule has 0 N–H and O–H groups in total. The summed E-state index contributed by atoms with van der Waals surface area (Å²) < 4.78 is 0. The first kappa shape index (κ1) is 11.8. The van der Waals surface area contributed by atoms with Crippen LogP contribution in [0, 0.1) is 11.3 Å². The van der Waals surface area contributed by atoms with E-state index in [0.29, 0.717) is 5.41 Å². The Kier molecular flexibility index (Phi) is 4.00. The quantitative estimate of drug-likeness (QED) is 0.654. The summed E-state index contributed by atoms with van der Waals surface area (Å²) in [4.78, 5) is 2.72. The SMILES string of the molecule is CCCN(CC1CC1)CC1(CS)CCC1. The zero-order chi connectivity index (χ0) is 10.7. The van der Waals surface area contributed by atoms with Crippen LogP contribution in [0.25, 0.3) is 0 Å². The number of nitrogens with zero attached hydrogens (tertiary/aromatic N) is 1. The molecule has 0 saturated heterocycles. The molecule has 0 radical (unpaired) electrons. The van der Waals surface area contributed by atoms with Crippen LogP contribution < -0.4 is 0 Å². The molecule has 0 bridgehead atoms. The van der Waals surface area contributed by atoms with Crippen LogP contribution in [0.2, 0.25) is 0 Å². The van der Waals surface area contributed by atoms with Crippen LogP contribution in [-0.2, 0) is 0 Å². The lowest BCUT2D eigenvalue weighted by Gasteiger charge is -2.44. The lowest BCUT2D eigenvalue weighted by Crippen LogP contribution is -2.44. The molecule has 0 amide bonds. The van der Waals surface area contributed by atoms with E-state index in [4.69, 9.17) is 0 Å². The van der Waals surface area contributed by atoms with Gasteiger partial charge in [0, 0.05) is 13.1 Å². The van der Waals surface area contributed by atoms with Crippen LogP contribution in [-0.4, -0.2) is 30.3 Å². The van der Waals surface area contributed by atoms with Crippen LogP contribution >= 0.6 is 12.6 Å². The number of hydrogen-bond acceptors (Lipinski definition) is 2. The van der Waals surface area contributed by atoms with Crippen LogP contribution in [0.1, 0.15) is 45.4 Å². The Balaban J connectivity index is 1.80. The Labute approximate surface area is 100 Å². The molecular weight excluding hydrogens is 202 g/mol. The first-order chi connectivity index (χ1) is 7.28. The van der Waals surface area contributed by atoms with Crippen molar-refractivity contribution in [2.45, 2.75) is 45.4 Å². The molecule has 2 aliphatic carbocycles. The molecule has 88 valence electrons. The van der Waals surface area contributed by atoms with Gasteiger partial charge in [-0.05, 0) is 55.7 Å². The van der Waals surface area contributed by atoms with Crippen molar-refractivity contribution in [2.75, 3.05) is 25.4 Å². The fourth-order valence-corrected chi connectivity index (χ4v) is 3.15. The summed E-state index contributed by atoms with van der Waals surface area (Å²) in [7, 11) is 0. The third-order valence-corrected chi connectivity index (χ3v) is 4.73. The van der Waals surface area contributed by atoms with E-state index >= 15 is 0 Å². The minimum atomic E-state index is 0.590. The summed E-state index contributed by atoms with van der Waals surface area (Å²) in [5.74, 6) is 2.13. The molecule has 2 aliphatic rings. The smallest absolute Gasteiger partial charge is 0.00459 e. The molecule has 0 aromatic heterocycles. The summed E-state index contributed by atoms with van der Waals surface area (Å²) in [6.07, 6.45) is 8.53. The minimum absolute atomic E-state index is 0.590. The van der Waals surface area contributed by atoms with E-state index in [1.165, 1.54) is 58.2 Å². The molecule has 0 aromatic rings. The molecule has 0 aliphatic heterocycles. The number of thiol groups is 1. The van der Waals surface area contributed by atoms with Crippen molar-refractivity contribution in [1.82, 2.24) is 4.90 Å². The van der Waals surface area contributed by atoms with E-state index in [1.54, 1.807) is 0 Å². The van der Waals surface area contributed by atoms with Crippen molar-refractivity contribution >= 4 is 12.6 Å². The van der Waals surface area contributed by atoms with Gasteiger partial charge in [-0.1, -0.05) is 13.3 Å². The van der Waals surface area contributed by atoms with Gasteiger partial charge in [0.1, 0.15) is 0 Å². The van der Waals surface area contributed by atoms with Gasteiger partial charge >= 0.3 is 0 Å². The first-order valence-corrected chi connectivity index (χ1v) is 7.24. The molecule has 15 heavy (non-hydrogen) atoms. The van der Waals surface area contributed by atoms with Crippen LogP contribution in [0.15, 0.2) is 0 Å². The maximum absolute atomic E-state index is 4.55. The Morgan fingerprint density at radius 3 is 2.47 bits per heavy atom. The topological polar surface area (TPSA) is 3.24 Å². The van der Waals surface area contributed by atoms with Gasteiger partial charge in [0.15, 0.2) is 0 Å². The molecule has 2 saturated carbocycles. The molecule has 0 unspecified atom stereocenters. The summed E-state index contributed by atoms with van der Waals surface area (Å²) in [6.45, 7) is 6.28. The van der Waals surface area contributed by atoms with Gasteiger partial charge in [0.05, 0.1) is 0 Å². The Morgan fingerprint density at radius 2 is 2.07 bits per heavy atom. The fourth-order valence-electron chi connectivity index (χ4n) is 2.73. The maximum Gasteiger partial charge on any atom is 0.00459 e. The maximum atomic E-state index is 4.55. The average molecular weight is 227 g/mol. The van der Waals surface area contributed by atoms with Crippen LogP contribution in [0.4, 0.5) is 0 Å². The van der Waals surface area contributed by atoms with Gasteiger partial charge in [-0.3, -0.25) is 0 Å². The lowest BCUT2D eigenvalue weighted by atomic mass is 9.70. The molecule has 2 fully saturated rings. The Morgan fingerprint density at radius 1 is 1.33 bits per heavy atom. The zero-order valence-electron chi connectivity index (χ0n) is 10.0. The van der Waals surface area contributed by atoms with E-state index in [1.807, 2.05) is 0 Å². The first-order valence-electron chi connectivity index (χ1n) is 6.61.